The van der Waals surface area contributed by atoms with Gasteiger partial charge < -0.3 is 9.15 Å². The molecular formula is C26H21ClF2N2O3. The zero-order chi connectivity index (χ0) is 24.0. The Morgan fingerprint density at radius 1 is 1.09 bits per heavy atom. The molecule has 2 aromatic carbocycles. The molecule has 4 aromatic rings. The van der Waals surface area contributed by atoms with Crippen molar-refractivity contribution in [3.8, 4) is 28.3 Å². The monoisotopic (exact) mass is 482 g/mol. The Balaban J connectivity index is 1.71. The average Bonchev–Trinajstić information content (AvgIpc) is 3.44. The molecule has 3 heterocycles. The number of nitrogens with zero attached hydrogens (tertiary/aromatic N) is 2. The molecule has 34 heavy (non-hydrogen) atoms. The summed E-state index contributed by atoms with van der Waals surface area (Å²) in [6.45, 7) is 4.33. The van der Waals surface area contributed by atoms with Gasteiger partial charge in [-0.1, -0.05) is 11.6 Å². The Labute approximate surface area is 199 Å². The van der Waals surface area contributed by atoms with Gasteiger partial charge in [-0.25, -0.2) is 13.8 Å². The first kappa shape index (κ1) is 22.5. The van der Waals surface area contributed by atoms with Crippen molar-refractivity contribution in [1.29, 1.82) is 0 Å². The van der Waals surface area contributed by atoms with Crippen molar-refractivity contribution in [2.45, 2.75) is 32.8 Å². The zero-order valence-corrected chi connectivity index (χ0v) is 19.3. The molecule has 0 bridgehead atoms. The molecule has 0 aliphatic carbocycles. The van der Waals surface area contributed by atoms with Crippen molar-refractivity contribution in [3.63, 3.8) is 0 Å². The number of benzene rings is 2. The lowest BCUT2D eigenvalue weighted by Crippen LogP contribution is -2.18. The van der Waals surface area contributed by atoms with Crippen LogP contribution in [-0.2, 0) is 4.74 Å². The van der Waals surface area contributed by atoms with Crippen LogP contribution in [0, 0.1) is 25.5 Å². The third-order valence-corrected chi connectivity index (χ3v) is 6.12. The van der Waals surface area contributed by atoms with Gasteiger partial charge >= 0.3 is 0 Å². The first-order valence-electron chi connectivity index (χ1n) is 10.9. The molecular weight excluding hydrogens is 462 g/mol. The molecule has 1 atom stereocenters. The van der Waals surface area contributed by atoms with Crippen molar-refractivity contribution >= 4 is 11.6 Å². The lowest BCUT2D eigenvalue weighted by atomic mass is 10.1. The molecule has 1 fully saturated rings. The Hall–Kier alpha value is -3.29. The Kier molecular flexibility index (Phi) is 5.83. The quantitative estimate of drug-likeness (QED) is 0.330. The largest absolute Gasteiger partial charge is 0.437 e. The van der Waals surface area contributed by atoms with Gasteiger partial charge in [0.15, 0.2) is 5.76 Å². The second-order valence-corrected chi connectivity index (χ2v) is 8.81. The highest BCUT2D eigenvalue weighted by Gasteiger charge is 2.28. The highest BCUT2D eigenvalue weighted by Crippen LogP contribution is 2.38. The number of oxazole rings is 1. The van der Waals surface area contributed by atoms with E-state index in [1.54, 1.807) is 24.4 Å². The number of pyridine rings is 1. The van der Waals surface area contributed by atoms with Crippen LogP contribution in [0.15, 0.2) is 57.9 Å². The topological polar surface area (TPSA) is 57.3 Å². The summed E-state index contributed by atoms with van der Waals surface area (Å²) in [7, 11) is 0. The van der Waals surface area contributed by atoms with E-state index in [9.17, 15) is 13.6 Å². The smallest absolute Gasteiger partial charge is 0.255 e. The summed E-state index contributed by atoms with van der Waals surface area (Å²) in [5.74, 6) is -0.988. The molecule has 0 N–H and O–H groups in total. The van der Waals surface area contributed by atoms with Crippen molar-refractivity contribution in [1.82, 2.24) is 9.55 Å². The molecule has 1 aliphatic heterocycles. The van der Waals surface area contributed by atoms with Gasteiger partial charge in [0.2, 0.25) is 5.89 Å². The summed E-state index contributed by atoms with van der Waals surface area (Å²) in [6, 6.07) is 9.89. The zero-order valence-electron chi connectivity index (χ0n) is 18.6. The van der Waals surface area contributed by atoms with E-state index in [0.717, 1.165) is 36.1 Å². The number of halogens is 3. The van der Waals surface area contributed by atoms with Crippen LogP contribution >= 0.6 is 11.6 Å². The van der Waals surface area contributed by atoms with E-state index in [-0.39, 0.29) is 23.0 Å². The maximum Gasteiger partial charge on any atom is 0.255 e. The summed E-state index contributed by atoms with van der Waals surface area (Å²) in [4.78, 5) is 17.5. The highest BCUT2D eigenvalue weighted by molar-refractivity contribution is 6.30. The number of aromatic nitrogens is 2. The van der Waals surface area contributed by atoms with E-state index in [0.29, 0.717) is 34.5 Å². The molecule has 1 saturated heterocycles. The molecule has 0 spiro atoms. The standard InChI is InChI=1S/C26H21ClF2N2O3/c1-14-10-17(27)11-15(2)24(14)31-13-16(5-8-22(31)32)23-25(19-7-6-18(28)12-20(19)29)34-26(30-23)21-4-3-9-33-21/h5-8,10-13,21H,3-4,9H2,1-2H3/t21-/m0/s1. The molecule has 0 amide bonds. The molecule has 2 aromatic heterocycles. The molecule has 8 heteroatoms. The fourth-order valence-electron chi connectivity index (χ4n) is 4.38. The van der Waals surface area contributed by atoms with Crippen molar-refractivity contribution in [2.75, 3.05) is 6.61 Å². The first-order chi connectivity index (χ1) is 16.3. The van der Waals surface area contributed by atoms with E-state index >= 15 is 0 Å². The van der Waals surface area contributed by atoms with Crippen LogP contribution < -0.4 is 5.56 Å². The van der Waals surface area contributed by atoms with E-state index in [2.05, 4.69) is 4.98 Å². The molecule has 0 unspecified atom stereocenters. The van der Waals surface area contributed by atoms with Gasteiger partial charge in [-0.05, 0) is 68.1 Å². The van der Waals surface area contributed by atoms with Crippen molar-refractivity contribution in [2.24, 2.45) is 0 Å². The number of aryl methyl sites for hydroxylation is 2. The van der Waals surface area contributed by atoms with Crippen LogP contribution in [0.1, 0.15) is 36.0 Å². The van der Waals surface area contributed by atoms with Crippen LogP contribution in [-0.4, -0.2) is 16.2 Å². The number of hydrogen-bond donors (Lipinski definition) is 0. The fourth-order valence-corrected chi connectivity index (χ4v) is 4.71. The van der Waals surface area contributed by atoms with Crippen molar-refractivity contribution in [3.05, 3.63) is 92.7 Å². The predicted molar refractivity (Wildman–Crippen MR) is 125 cm³/mol. The third-order valence-electron chi connectivity index (χ3n) is 5.91. The van der Waals surface area contributed by atoms with Gasteiger partial charge in [0.1, 0.15) is 23.4 Å². The number of hydrogen-bond acceptors (Lipinski definition) is 4. The van der Waals surface area contributed by atoms with Crippen LogP contribution in [0.4, 0.5) is 8.78 Å². The Bertz CT molecular complexity index is 1430. The summed E-state index contributed by atoms with van der Waals surface area (Å²) in [5, 5.41) is 0.578. The lowest BCUT2D eigenvalue weighted by molar-refractivity contribution is 0.0897. The van der Waals surface area contributed by atoms with Crippen LogP contribution in [0.5, 0.6) is 0 Å². The third kappa shape index (κ3) is 4.06. The minimum atomic E-state index is -0.769. The minimum absolute atomic E-state index is 0.0738. The predicted octanol–water partition coefficient (Wildman–Crippen LogP) is 6.56. The van der Waals surface area contributed by atoms with Crippen LogP contribution in [0.25, 0.3) is 28.3 Å². The minimum Gasteiger partial charge on any atom is -0.437 e. The SMILES string of the molecule is Cc1cc(Cl)cc(C)c1-n1cc(-c2nc([C@@H]3CCCO3)oc2-c2ccc(F)cc2F)ccc1=O. The molecule has 1 aliphatic rings. The second-order valence-electron chi connectivity index (χ2n) is 8.37. The van der Waals surface area contributed by atoms with Gasteiger partial charge in [-0.15, -0.1) is 0 Å². The van der Waals surface area contributed by atoms with E-state index in [4.69, 9.17) is 20.8 Å². The summed E-state index contributed by atoms with van der Waals surface area (Å²) >= 11 is 6.17. The number of ether oxygens (including phenoxy) is 1. The van der Waals surface area contributed by atoms with E-state index < -0.39 is 11.6 Å². The summed E-state index contributed by atoms with van der Waals surface area (Å²) in [5.41, 5.74) is 3.07. The van der Waals surface area contributed by atoms with E-state index in [1.165, 1.54) is 16.7 Å². The Morgan fingerprint density at radius 2 is 1.85 bits per heavy atom. The molecule has 174 valence electrons. The van der Waals surface area contributed by atoms with Gasteiger partial charge in [-0.2, -0.15) is 0 Å². The van der Waals surface area contributed by atoms with Crippen LogP contribution in [0.2, 0.25) is 5.02 Å². The molecule has 0 saturated carbocycles. The maximum absolute atomic E-state index is 14.7. The second kappa shape index (κ2) is 8.81. The fraction of sp³-hybridized carbons (Fsp3) is 0.231. The maximum atomic E-state index is 14.7. The van der Waals surface area contributed by atoms with Gasteiger partial charge in [0, 0.05) is 35.5 Å². The highest BCUT2D eigenvalue weighted by atomic mass is 35.5. The molecule has 0 radical (unpaired) electrons. The normalized spacial score (nSPS) is 15.7. The lowest BCUT2D eigenvalue weighted by Gasteiger charge is -2.14. The molecule has 5 nitrogen and oxygen atoms in total. The van der Waals surface area contributed by atoms with Gasteiger partial charge in [0.25, 0.3) is 5.56 Å². The molecule has 5 rings (SSSR count). The summed E-state index contributed by atoms with van der Waals surface area (Å²) < 4.78 is 41.5. The Morgan fingerprint density at radius 3 is 2.53 bits per heavy atom. The van der Waals surface area contributed by atoms with E-state index in [1.807, 2.05) is 13.8 Å². The van der Waals surface area contributed by atoms with Crippen molar-refractivity contribution < 1.29 is 17.9 Å². The number of rotatable bonds is 4. The van der Waals surface area contributed by atoms with Gasteiger partial charge in [-0.3, -0.25) is 9.36 Å². The van der Waals surface area contributed by atoms with Crippen LogP contribution in [0.3, 0.4) is 0 Å². The summed E-state index contributed by atoms with van der Waals surface area (Å²) in [6.07, 6.45) is 2.90. The first-order valence-corrected chi connectivity index (χ1v) is 11.3. The van der Waals surface area contributed by atoms with Gasteiger partial charge in [0.05, 0.1) is 11.3 Å². The average molecular weight is 483 g/mol.